The van der Waals surface area contributed by atoms with Gasteiger partial charge in [-0.25, -0.2) is 4.79 Å². The summed E-state index contributed by atoms with van der Waals surface area (Å²) in [7, 11) is 1.27. The van der Waals surface area contributed by atoms with Crippen molar-refractivity contribution in [2.45, 2.75) is 12.5 Å². The summed E-state index contributed by atoms with van der Waals surface area (Å²) in [4.78, 5) is 43.0. The third-order valence-corrected chi connectivity index (χ3v) is 4.89. The van der Waals surface area contributed by atoms with Crippen molar-refractivity contribution in [3.63, 3.8) is 0 Å². The number of hydrogen-bond donors (Lipinski definition) is 3. The number of aromatic amines is 2. The lowest BCUT2D eigenvalue weighted by Crippen LogP contribution is -2.43. The van der Waals surface area contributed by atoms with Crippen molar-refractivity contribution in [2.24, 2.45) is 0 Å². The van der Waals surface area contributed by atoms with Crippen LogP contribution in [0.3, 0.4) is 0 Å². The van der Waals surface area contributed by atoms with E-state index >= 15 is 0 Å². The number of H-pyrrole nitrogens is 2. The van der Waals surface area contributed by atoms with Gasteiger partial charge in [-0.2, -0.15) is 0 Å². The molecule has 2 heterocycles. The fourth-order valence-corrected chi connectivity index (χ4v) is 3.43. The molecule has 0 aliphatic heterocycles. The average molecular weight is 389 g/mol. The number of carbonyl (C=O) groups excluding carboxylic acids is 2. The molecule has 3 N–H and O–H groups in total. The standard InChI is InChI=1S/C22H19N3O4/c1-29-22(28)19(11-14-12-23-17-9-5-4-7-15(14)17)25-21(27)18-10-13-6-2-3-8-16(13)20(26)24-18/h2-10,12,19,23H,11H2,1H3,(H,24,26)(H,25,27). The van der Waals surface area contributed by atoms with Crippen LogP contribution >= 0.6 is 0 Å². The third-order valence-electron chi connectivity index (χ3n) is 4.89. The number of benzene rings is 2. The fraction of sp³-hybridized carbons (Fsp3) is 0.136. The molecule has 0 aliphatic carbocycles. The Balaban J connectivity index is 1.62. The number of pyridine rings is 1. The van der Waals surface area contributed by atoms with E-state index in [1.54, 1.807) is 30.3 Å². The van der Waals surface area contributed by atoms with Gasteiger partial charge >= 0.3 is 5.97 Å². The quantitative estimate of drug-likeness (QED) is 0.456. The summed E-state index contributed by atoms with van der Waals surface area (Å²) >= 11 is 0. The molecule has 1 atom stereocenters. The van der Waals surface area contributed by atoms with Crippen LogP contribution in [0.2, 0.25) is 0 Å². The van der Waals surface area contributed by atoms with Crippen LogP contribution in [-0.4, -0.2) is 35.0 Å². The second kappa shape index (κ2) is 7.63. The molecule has 0 spiro atoms. The molecule has 7 heteroatoms. The molecule has 146 valence electrons. The zero-order valence-electron chi connectivity index (χ0n) is 15.7. The van der Waals surface area contributed by atoms with Gasteiger partial charge in [-0.05, 0) is 29.1 Å². The summed E-state index contributed by atoms with van der Waals surface area (Å²) in [5.41, 5.74) is 1.54. The zero-order chi connectivity index (χ0) is 20.4. The van der Waals surface area contributed by atoms with Gasteiger partial charge in [-0.3, -0.25) is 9.59 Å². The van der Waals surface area contributed by atoms with Gasteiger partial charge in [0.2, 0.25) is 0 Å². The number of amides is 1. The minimum Gasteiger partial charge on any atom is -0.467 e. The largest absolute Gasteiger partial charge is 0.467 e. The van der Waals surface area contributed by atoms with Crippen molar-refractivity contribution in [2.75, 3.05) is 7.11 Å². The van der Waals surface area contributed by atoms with E-state index in [0.29, 0.717) is 10.8 Å². The second-order valence-electron chi connectivity index (χ2n) is 6.71. The van der Waals surface area contributed by atoms with E-state index in [9.17, 15) is 14.4 Å². The van der Waals surface area contributed by atoms with Gasteiger partial charge in [-0.15, -0.1) is 0 Å². The molecule has 4 rings (SSSR count). The molecule has 2 aromatic heterocycles. The summed E-state index contributed by atoms with van der Waals surface area (Å²) < 4.78 is 4.87. The number of hydrogen-bond acceptors (Lipinski definition) is 4. The summed E-state index contributed by atoms with van der Waals surface area (Å²) in [6.07, 6.45) is 2.06. The molecule has 0 saturated carbocycles. The van der Waals surface area contributed by atoms with Gasteiger partial charge in [0.25, 0.3) is 11.5 Å². The lowest BCUT2D eigenvalue weighted by atomic mass is 10.0. The molecular weight excluding hydrogens is 370 g/mol. The van der Waals surface area contributed by atoms with Crippen LogP contribution in [0.1, 0.15) is 16.1 Å². The molecule has 29 heavy (non-hydrogen) atoms. The van der Waals surface area contributed by atoms with Gasteiger partial charge in [0.05, 0.1) is 7.11 Å². The summed E-state index contributed by atoms with van der Waals surface area (Å²) in [6.45, 7) is 0. The molecule has 7 nitrogen and oxygen atoms in total. The Morgan fingerprint density at radius 2 is 1.79 bits per heavy atom. The number of rotatable bonds is 5. The van der Waals surface area contributed by atoms with Crippen molar-refractivity contribution in [3.05, 3.63) is 82.4 Å². The third kappa shape index (κ3) is 3.62. The van der Waals surface area contributed by atoms with Gasteiger partial charge in [-0.1, -0.05) is 36.4 Å². The SMILES string of the molecule is COC(=O)C(Cc1c[nH]c2ccccc12)NC(=O)c1cc2ccccc2c(=O)[nH]1. The minimum atomic E-state index is -0.901. The molecule has 1 amide bonds. The Morgan fingerprint density at radius 1 is 1.07 bits per heavy atom. The molecule has 2 aromatic carbocycles. The highest BCUT2D eigenvalue weighted by molar-refractivity contribution is 5.98. The van der Waals surface area contributed by atoms with Gasteiger partial charge in [0.15, 0.2) is 0 Å². The Bertz CT molecular complexity index is 1270. The number of fused-ring (bicyclic) bond motifs is 2. The predicted octanol–water partition coefficient (Wildman–Crippen LogP) is 2.52. The first-order valence-electron chi connectivity index (χ1n) is 9.12. The molecule has 0 radical (unpaired) electrons. The van der Waals surface area contributed by atoms with Crippen molar-refractivity contribution in [1.29, 1.82) is 0 Å². The fourth-order valence-electron chi connectivity index (χ4n) is 3.43. The lowest BCUT2D eigenvalue weighted by Gasteiger charge is -2.16. The highest BCUT2D eigenvalue weighted by Gasteiger charge is 2.24. The molecule has 0 fully saturated rings. The van der Waals surface area contributed by atoms with Crippen LogP contribution in [0, 0.1) is 0 Å². The highest BCUT2D eigenvalue weighted by atomic mass is 16.5. The van der Waals surface area contributed by atoms with Crippen molar-refractivity contribution in [1.82, 2.24) is 15.3 Å². The topological polar surface area (TPSA) is 104 Å². The van der Waals surface area contributed by atoms with Crippen molar-refractivity contribution in [3.8, 4) is 0 Å². The smallest absolute Gasteiger partial charge is 0.328 e. The average Bonchev–Trinajstić information content (AvgIpc) is 3.15. The van der Waals surface area contributed by atoms with E-state index in [-0.39, 0.29) is 17.7 Å². The molecule has 1 unspecified atom stereocenters. The highest BCUT2D eigenvalue weighted by Crippen LogP contribution is 2.19. The van der Waals surface area contributed by atoms with Crippen LogP contribution in [0.25, 0.3) is 21.7 Å². The van der Waals surface area contributed by atoms with Crippen LogP contribution in [-0.2, 0) is 16.0 Å². The monoisotopic (exact) mass is 389 g/mol. The maximum absolute atomic E-state index is 12.8. The van der Waals surface area contributed by atoms with E-state index in [4.69, 9.17) is 4.74 Å². The number of para-hydroxylation sites is 1. The van der Waals surface area contributed by atoms with E-state index < -0.39 is 17.9 Å². The van der Waals surface area contributed by atoms with Gasteiger partial charge in [0.1, 0.15) is 11.7 Å². The van der Waals surface area contributed by atoms with Gasteiger partial charge in [0, 0.05) is 28.9 Å². The summed E-state index contributed by atoms with van der Waals surface area (Å²) in [5.74, 6) is -1.12. The molecule has 0 saturated heterocycles. The van der Waals surface area contributed by atoms with Crippen LogP contribution in [0.5, 0.6) is 0 Å². The second-order valence-corrected chi connectivity index (χ2v) is 6.71. The summed E-state index contributed by atoms with van der Waals surface area (Å²) in [6, 6.07) is 15.4. The number of esters is 1. The number of ether oxygens (including phenoxy) is 1. The lowest BCUT2D eigenvalue weighted by molar-refractivity contribution is -0.142. The van der Waals surface area contributed by atoms with E-state index in [2.05, 4.69) is 15.3 Å². The molecule has 0 bridgehead atoms. The van der Waals surface area contributed by atoms with Gasteiger partial charge < -0.3 is 20.0 Å². The van der Waals surface area contributed by atoms with Crippen molar-refractivity contribution < 1.29 is 14.3 Å². The Morgan fingerprint density at radius 3 is 2.59 bits per heavy atom. The molecule has 4 aromatic rings. The van der Waals surface area contributed by atoms with E-state index in [1.807, 2.05) is 30.5 Å². The Hall–Kier alpha value is -3.87. The maximum atomic E-state index is 12.8. The maximum Gasteiger partial charge on any atom is 0.328 e. The van der Waals surface area contributed by atoms with Crippen LogP contribution in [0.15, 0.2) is 65.6 Å². The Kier molecular flexibility index (Phi) is 4.87. The van der Waals surface area contributed by atoms with Crippen LogP contribution in [0.4, 0.5) is 0 Å². The molecular formula is C22H19N3O4. The van der Waals surface area contributed by atoms with Crippen molar-refractivity contribution >= 4 is 33.6 Å². The number of carbonyl (C=O) groups is 2. The summed E-state index contributed by atoms with van der Waals surface area (Å²) in [5, 5.41) is 4.79. The Labute approximate surface area is 165 Å². The zero-order valence-corrected chi connectivity index (χ0v) is 15.7. The van der Waals surface area contributed by atoms with Crippen LogP contribution < -0.4 is 10.9 Å². The number of nitrogens with one attached hydrogen (secondary N) is 3. The molecule has 0 aliphatic rings. The minimum absolute atomic E-state index is 0.0847. The predicted molar refractivity (Wildman–Crippen MR) is 110 cm³/mol. The number of methoxy groups -OCH3 is 1. The van der Waals surface area contributed by atoms with E-state index in [0.717, 1.165) is 16.5 Å². The number of aromatic nitrogens is 2. The normalized spacial score (nSPS) is 12.0. The first kappa shape index (κ1) is 18.5. The first-order valence-corrected chi connectivity index (χ1v) is 9.12. The first-order chi connectivity index (χ1) is 14.1. The van der Waals surface area contributed by atoms with E-state index in [1.165, 1.54) is 7.11 Å².